The first-order chi connectivity index (χ1) is 6.66. The summed E-state index contributed by atoms with van der Waals surface area (Å²) in [5.41, 5.74) is 1.08. The molecular weight excluding hydrogens is 248 g/mol. The lowest BCUT2D eigenvalue weighted by molar-refractivity contribution is -0.132. The highest BCUT2D eigenvalue weighted by atomic mass is 79.9. The molecule has 1 N–H and O–H groups in total. The van der Waals surface area contributed by atoms with Gasteiger partial charge in [-0.25, -0.2) is 4.79 Å². The van der Waals surface area contributed by atoms with Crippen LogP contribution in [0.2, 0.25) is 0 Å². The van der Waals surface area contributed by atoms with Crippen molar-refractivity contribution in [2.45, 2.75) is 0 Å². The maximum atomic E-state index is 10.7. The van der Waals surface area contributed by atoms with Crippen LogP contribution in [0.5, 0.6) is 5.75 Å². The second-order valence-electron chi connectivity index (χ2n) is 2.95. The maximum absolute atomic E-state index is 10.7. The van der Waals surface area contributed by atoms with Gasteiger partial charge in [0.15, 0.2) is 0 Å². The third-order valence-corrected chi connectivity index (χ3v) is 2.46. The number of carboxylic acids is 1. The fourth-order valence-electron chi connectivity index (χ4n) is 1.26. The number of carbonyl (C=O) groups is 1. The quantitative estimate of drug-likeness (QED) is 0.837. The Hall–Kier alpha value is -1.29. The summed E-state index contributed by atoms with van der Waals surface area (Å²) in [6.07, 6.45) is 1.63. The minimum absolute atomic E-state index is 0.124. The van der Waals surface area contributed by atoms with Crippen molar-refractivity contribution in [2.24, 2.45) is 0 Å². The lowest BCUT2D eigenvalue weighted by atomic mass is 10.1. The van der Waals surface area contributed by atoms with Gasteiger partial charge in [0.25, 0.3) is 0 Å². The zero-order valence-corrected chi connectivity index (χ0v) is 8.74. The molecule has 0 amide bonds. The lowest BCUT2D eigenvalue weighted by Crippen LogP contribution is -2.13. The first-order valence-corrected chi connectivity index (χ1v) is 4.82. The number of aliphatic carboxylic acids is 1. The van der Waals surface area contributed by atoms with Gasteiger partial charge >= 0.3 is 5.97 Å². The van der Waals surface area contributed by atoms with E-state index in [9.17, 15) is 4.79 Å². The lowest BCUT2D eigenvalue weighted by Gasteiger charge is -2.15. The van der Waals surface area contributed by atoms with Gasteiger partial charge in [-0.15, -0.1) is 0 Å². The topological polar surface area (TPSA) is 46.5 Å². The molecule has 0 fully saturated rings. The summed E-state index contributed by atoms with van der Waals surface area (Å²) in [5.74, 6) is -0.219. The number of rotatable bonds is 1. The third-order valence-electron chi connectivity index (χ3n) is 1.96. The molecule has 1 aromatic carbocycles. The Morgan fingerprint density at radius 2 is 2.29 bits per heavy atom. The van der Waals surface area contributed by atoms with Crippen LogP contribution in [0.4, 0.5) is 0 Å². The first kappa shape index (κ1) is 9.27. The predicted octanol–water partition coefficient (Wildman–Crippen LogP) is 2.31. The minimum Gasteiger partial charge on any atom is -0.488 e. The highest BCUT2D eigenvalue weighted by molar-refractivity contribution is 9.10. The van der Waals surface area contributed by atoms with E-state index in [-0.39, 0.29) is 12.2 Å². The van der Waals surface area contributed by atoms with Crippen molar-refractivity contribution in [1.82, 2.24) is 0 Å². The molecule has 1 aliphatic heterocycles. The Morgan fingerprint density at radius 1 is 1.50 bits per heavy atom. The molecular formula is C10H7BrO3. The zero-order chi connectivity index (χ0) is 10.1. The monoisotopic (exact) mass is 254 g/mol. The molecule has 0 bridgehead atoms. The highest BCUT2D eigenvalue weighted by Gasteiger charge is 2.15. The van der Waals surface area contributed by atoms with Gasteiger partial charge in [-0.1, -0.05) is 22.0 Å². The maximum Gasteiger partial charge on any atom is 0.335 e. The van der Waals surface area contributed by atoms with Gasteiger partial charge < -0.3 is 9.84 Å². The molecule has 3 nitrogen and oxygen atoms in total. The van der Waals surface area contributed by atoms with Gasteiger partial charge in [-0.05, 0) is 18.2 Å². The van der Waals surface area contributed by atoms with E-state index < -0.39 is 5.97 Å². The van der Waals surface area contributed by atoms with Crippen molar-refractivity contribution in [3.05, 3.63) is 33.8 Å². The van der Waals surface area contributed by atoms with Crippen LogP contribution in [-0.4, -0.2) is 17.7 Å². The van der Waals surface area contributed by atoms with E-state index in [4.69, 9.17) is 9.84 Å². The SMILES string of the molecule is O=C(O)C1=Cc2ccc(Br)cc2OC1. The van der Waals surface area contributed by atoms with Crippen LogP contribution in [0.1, 0.15) is 5.56 Å². The standard InChI is InChI=1S/C10H7BrO3/c11-8-2-1-6-3-7(10(12)13)5-14-9(6)4-8/h1-4H,5H2,(H,12,13). The van der Waals surface area contributed by atoms with Crippen LogP contribution in [0.15, 0.2) is 28.2 Å². The summed E-state index contributed by atoms with van der Waals surface area (Å²) < 4.78 is 6.22. The molecule has 0 atom stereocenters. The highest BCUT2D eigenvalue weighted by Crippen LogP contribution is 2.29. The van der Waals surface area contributed by atoms with Crippen LogP contribution in [0.3, 0.4) is 0 Å². The molecule has 0 aromatic heterocycles. The average molecular weight is 255 g/mol. The molecule has 1 aromatic rings. The van der Waals surface area contributed by atoms with Crippen molar-refractivity contribution < 1.29 is 14.6 Å². The fourth-order valence-corrected chi connectivity index (χ4v) is 1.60. The molecule has 14 heavy (non-hydrogen) atoms. The molecule has 0 radical (unpaired) electrons. The molecule has 0 unspecified atom stereocenters. The van der Waals surface area contributed by atoms with Crippen LogP contribution in [-0.2, 0) is 4.79 Å². The Bertz CT molecular complexity index is 423. The summed E-state index contributed by atoms with van der Waals surface area (Å²) >= 11 is 3.32. The van der Waals surface area contributed by atoms with E-state index in [2.05, 4.69) is 15.9 Å². The van der Waals surface area contributed by atoms with E-state index >= 15 is 0 Å². The number of ether oxygens (including phenoxy) is 1. The first-order valence-electron chi connectivity index (χ1n) is 4.03. The summed E-state index contributed by atoms with van der Waals surface area (Å²) in [6, 6.07) is 5.50. The number of fused-ring (bicyclic) bond motifs is 1. The summed E-state index contributed by atoms with van der Waals surface area (Å²) in [4.78, 5) is 10.7. The van der Waals surface area contributed by atoms with E-state index in [0.29, 0.717) is 5.75 Å². The van der Waals surface area contributed by atoms with Crippen LogP contribution < -0.4 is 4.74 Å². The Labute approximate surface area is 89.1 Å². The number of hydrogen-bond donors (Lipinski definition) is 1. The zero-order valence-electron chi connectivity index (χ0n) is 7.16. The molecule has 1 heterocycles. The molecule has 4 heteroatoms. The second-order valence-corrected chi connectivity index (χ2v) is 3.86. The Kier molecular flexibility index (Phi) is 2.29. The Balaban J connectivity index is 2.45. The largest absolute Gasteiger partial charge is 0.488 e. The summed E-state index contributed by atoms with van der Waals surface area (Å²) in [5, 5.41) is 8.76. The van der Waals surface area contributed by atoms with Crippen molar-refractivity contribution in [3.8, 4) is 5.75 Å². The third kappa shape index (κ3) is 1.65. The minimum atomic E-state index is -0.932. The fraction of sp³-hybridized carbons (Fsp3) is 0.100. The number of halogens is 1. The van der Waals surface area contributed by atoms with Crippen molar-refractivity contribution >= 4 is 28.0 Å². The van der Waals surface area contributed by atoms with Crippen LogP contribution >= 0.6 is 15.9 Å². The molecule has 2 rings (SSSR count). The normalized spacial score (nSPS) is 13.9. The van der Waals surface area contributed by atoms with Gasteiger partial charge in [0.2, 0.25) is 0 Å². The second kappa shape index (κ2) is 3.46. The van der Waals surface area contributed by atoms with Gasteiger partial charge in [0.05, 0.1) is 5.57 Å². The van der Waals surface area contributed by atoms with E-state index in [0.717, 1.165) is 10.0 Å². The summed E-state index contributed by atoms with van der Waals surface area (Å²) in [7, 11) is 0. The van der Waals surface area contributed by atoms with Gasteiger partial charge in [-0.3, -0.25) is 0 Å². The van der Waals surface area contributed by atoms with Gasteiger partial charge in [0.1, 0.15) is 12.4 Å². The van der Waals surface area contributed by atoms with Crippen LogP contribution in [0.25, 0.3) is 6.08 Å². The van der Waals surface area contributed by atoms with E-state index in [1.807, 2.05) is 18.2 Å². The molecule has 0 aliphatic carbocycles. The smallest absolute Gasteiger partial charge is 0.335 e. The van der Waals surface area contributed by atoms with Crippen LogP contribution in [0, 0.1) is 0 Å². The van der Waals surface area contributed by atoms with E-state index in [1.165, 1.54) is 0 Å². The number of benzene rings is 1. The molecule has 72 valence electrons. The molecule has 0 saturated heterocycles. The summed E-state index contributed by atoms with van der Waals surface area (Å²) in [6.45, 7) is 0.124. The van der Waals surface area contributed by atoms with Gasteiger partial charge in [-0.2, -0.15) is 0 Å². The van der Waals surface area contributed by atoms with E-state index in [1.54, 1.807) is 6.08 Å². The number of hydrogen-bond acceptors (Lipinski definition) is 2. The van der Waals surface area contributed by atoms with Crippen molar-refractivity contribution in [1.29, 1.82) is 0 Å². The average Bonchev–Trinajstić information content (AvgIpc) is 2.16. The molecule has 1 aliphatic rings. The Morgan fingerprint density at radius 3 is 3.00 bits per heavy atom. The number of carboxylic acid groups (broad SMARTS) is 1. The van der Waals surface area contributed by atoms with Crippen molar-refractivity contribution in [3.63, 3.8) is 0 Å². The predicted molar refractivity (Wildman–Crippen MR) is 55.2 cm³/mol. The molecule has 0 saturated carbocycles. The van der Waals surface area contributed by atoms with Crippen molar-refractivity contribution in [2.75, 3.05) is 6.61 Å². The molecule has 0 spiro atoms. The van der Waals surface area contributed by atoms with Gasteiger partial charge in [0, 0.05) is 10.0 Å².